The molecule has 0 spiro atoms. The van der Waals surface area contributed by atoms with Crippen LogP contribution in [0.3, 0.4) is 0 Å². The minimum Gasteiger partial charge on any atom is -0.480 e. The van der Waals surface area contributed by atoms with Crippen LogP contribution in [0.2, 0.25) is 0 Å². The fourth-order valence-electron chi connectivity index (χ4n) is 5.21. The second-order valence-corrected chi connectivity index (χ2v) is 10.7. The number of nitrogens with zero attached hydrogens (tertiary/aromatic N) is 1. The maximum Gasteiger partial charge on any atom is 0.407 e. The number of alkyl carbamates (subject to hydrolysis) is 1. The van der Waals surface area contributed by atoms with Crippen molar-refractivity contribution in [2.45, 2.75) is 44.8 Å². The summed E-state index contributed by atoms with van der Waals surface area (Å²) in [6.07, 6.45) is -0.377. The minimum atomic E-state index is -1.14. The second-order valence-electron chi connectivity index (χ2n) is 10.7. The third kappa shape index (κ3) is 7.27. The van der Waals surface area contributed by atoms with Gasteiger partial charge in [0.2, 0.25) is 5.91 Å². The Kier molecular flexibility index (Phi) is 9.56. The molecule has 0 bridgehead atoms. The van der Waals surface area contributed by atoms with Gasteiger partial charge in [-0.1, -0.05) is 92.7 Å². The van der Waals surface area contributed by atoms with Crippen molar-refractivity contribution in [1.82, 2.24) is 15.5 Å². The largest absolute Gasteiger partial charge is 0.480 e. The molecule has 0 fully saturated rings. The van der Waals surface area contributed by atoms with Gasteiger partial charge in [0.1, 0.15) is 18.7 Å². The molecule has 0 heterocycles. The molecule has 3 N–H and O–H groups in total. The second kappa shape index (κ2) is 13.3. The van der Waals surface area contributed by atoms with Crippen LogP contribution in [0, 0.1) is 5.92 Å². The number of carbonyl (C=O) groups excluding carboxylic acids is 2. The van der Waals surface area contributed by atoms with Gasteiger partial charge in [-0.3, -0.25) is 9.69 Å². The normalized spacial score (nSPS) is 13.8. The monoisotopic (exact) mass is 543 g/mol. The number of carboxylic acids is 1. The number of carboxylic acid groups (broad SMARTS) is 1. The first-order valence-corrected chi connectivity index (χ1v) is 13.6. The summed E-state index contributed by atoms with van der Waals surface area (Å²) < 4.78 is 5.63. The number of nitrogens with one attached hydrogen (secondary N) is 2. The zero-order valence-corrected chi connectivity index (χ0v) is 23.2. The molecule has 0 aromatic heterocycles. The van der Waals surface area contributed by atoms with E-state index in [0.29, 0.717) is 13.0 Å². The fraction of sp³-hybridized carbons (Fsp3) is 0.344. The van der Waals surface area contributed by atoms with Gasteiger partial charge in [-0.2, -0.15) is 0 Å². The van der Waals surface area contributed by atoms with Gasteiger partial charge in [-0.15, -0.1) is 0 Å². The van der Waals surface area contributed by atoms with Crippen molar-refractivity contribution < 1.29 is 24.2 Å². The van der Waals surface area contributed by atoms with Crippen LogP contribution in [-0.4, -0.2) is 60.3 Å². The molecule has 1 aliphatic rings. The lowest BCUT2D eigenvalue weighted by molar-refractivity contribution is -0.142. The van der Waals surface area contributed by atoms with E-state index in [4.69, 9.17) is 4.74 Å². The van der Waals surface area contributed by atoms with E-state index in [2.05, 4.69) is 22.8 Å². The molecule has 0 radical (unpaired) electrons. The summed E-state index contributed by atoms with van der Waals surface area (Å²) in [5, 5.41) is 15.1. The van der Waals surface area contributed by atoms with Crippen LogP contribution in [0.15, 0.2) is 78.9 Å². The minimum absolute atomic E-state index is 0.0775. The van der Waals surface area contributed by atoms with Gasteiger partial charge < -0.3 is 20.5 Å². The highest BCUT2D eigenvalue weighted by Crippen LogP contribution is 2.44. The Morgan fingerprint density at radius 1 is 0.850 bits per heavy atom. The number of carbonyl (C=O) groups is 3. The zero-order valence-electron chi connectivity index (χ0n) is 23.2. The van der Waals surface area contributed by atoms with Crippen LogP contribution in [-0.2, 0) is 20.9 Å². The SMILES string of the molecule is CC(C)C[C@@H](NC(=O)OCC1c2ccccc2-c2ccccc21)C(=O)NC(CN(C)Cc1ccccc1)C(=O)O. The number of rotatable bonds is 12. The van der Waals surface area contributed by atoms with E-state index in [9.17, 15) is 19.5 Å². The number of hydrogen-bond acceptors (Lipinski definition) is 5. The molecule has 1 aliphatic carbocycles. The Morgan fingerprint density at radius 2 is 1.43 bits per heavy atom. The highest BCUT2D eigenvalue weighted by Gasteiger charge is 2.31. The molecule has 2 amide bonds. The molecule has 8 nitrogen and oxygen atoms in total. The maximum atomic E-state index is 13.2. The summed E-state index contributed by atoms with van der Waals surface area (Å²) in [7, 11) is 1.80. The Labute approximate surface area is 235 Å². The Balaban J connectivity index is 1.37. The van der Waals surface area contributed by atoms with Gasteiger partial charge in [0.25, 0.3) is 0 Å². The molecular weight excluding hydrogens is 506 g/mol. The number of amides is 2. The van der Waals surface area contributed by atoms with Crippen LogP contribution in [0.25, 0.3) is 11.1 Å². The predicted molar refractivity (Wildman–Crippen MR) is 154 cm³/mol. The van der Waals surface area contributed by atoms with Crippen LogP contribution < -0.4 is 10.6 Å². The van der Waals surface area contributed by atoms with Crippen molar-refractivity contribution in [2.24, 2.45) is 5.92 Å². The molecule has 3 aromatic rings. The van der Waals surface area contributed by atoms with Crippen LogP contribution in [0.1, 0.15) is 42.9 Å². The third-order valence-corrected chi connectivity index (χ3v) is 7.06. The number of fused-ring (bicyclic) bond motifs is 3. The topological polar surface area (TPSA) is 108 Å². The van der Waals surface area contributed by atoms with E-state index in [-0.39, 0.29) is 25.0 Å². The first-order chi connectivity index (χ1) is 19.2. The molecule has 3 aromatic carbocycles. The summed E-state index contributed by atoms with van der Waals surface area (Å²) >= 11 is 0. The van der Waals surface area contributed by atoms with E-state index >= 15 is 0 Å². The summed E-state index contributed by atoms with van der Waals surface area (Å²) in [6, 6.07) is 23.7. The van der Waals surface area contributed by atoms with Crippen molar-refractivity contribution in [3.63, 3.8) is 0 Å². The molecule has 40 heavy (non-hydrogen) atoms. The first kappa shape index (κ1) is 28.8. The molecule has 0 saturated heterocycles. The van der Waals surface area contributed by atoms with Gasteiger partial charge in [0.15, 0.2) is 0 Å². The Morgan fingerprint density at radius 3 is 2.00 bits per heavy atom. The highest BCUT2D eigenvalue weighted by atomic mass is 16.5. The van der Waals surface area contributed by atoms with Gasteiger partial charge >= 0.3 is 12.1 Å². The number of hydrogen-bond donors (Lipinski definition) is 3. The Hall–Kier alpha value is -4.17. The molecule has 0 aliphatic heterocycles. The van der Waals surface area contributed by atoms with E-state index < -0.39 is 30.1 Å². The van der Waals surface area contributed by atoms with E-state index in [1.54, 1.807) is 7.05 Å². The Bertz CT molecular complexity index is 1280. The molecule has 210 valence electrons. The maximum absolute atomic E-state index is 13.2. The molecular formula is C32H37N3O5. The summed E-state index contributed by atoms with van der Waals surface area (Å²) in [6.45, 7) is 4.63. The summed E-state index contributed by atoms with van der Waals surface area (Å²) in [5.41, 5.74) is 5.48. The molecule has 0 saturated carbocycles. The van der Waals surface area contributed by atoms with Crippen LogP contribution >= 0.6 is 0 Å². The number of benzene rings is 3. The highest BCUT2D eigenvalue weighted by molar-refractivity contribution is 5.89. The summed E-state index contributed by atoms with van der Waals surface area (Å²) in [5.74, 6) is -1.72. The molecule has 1 unspecified atom stereocenters. The van der Waals surface area contributed by atoms with E-state index in [1.807, 2.05) is 85.5 Å². The van der Waals surface area contributed by atoms with Crippen LogP contribution in [0.4, 0.5) is 4.79 Å². The van der Waals surface area contributed by atoms with E-state index in [0.717, 1.165) is 27.8 Å². The average molecular weight is 544 g/mol. The van der Waals surface area contributed by atoms with Crippen molar-refractivity contribution >= 4 is 18.0 Å². The fourth-order valence-corrected chi connectivity index (χ4v) is 5.21. The quantitative estimate of drug-likeness (QED) is 0.307. The third-order valence-electron chi connectivity index (χ3n) is 7.06. The van der Waals surface area contributed by atoms with Gasteiger partial charge in [-0.25, -0.2) is 9.59 Å². The first-order valence-electron chi connectivity index (χ1n) is 13.6. The van der Waals surface area contributed by atoms with Crippen molar-refractivity contribution in [2.75, 3.05) is 20.2 Å². The molecule has 8 heteroatoms. The number of likely N-dealkylation sites (N-methyl/N-ethyl adjacent to an activating group) is 1. The van der Waals surface area contributed by atoms with Crippen molar-refractivity contribution in [3.8, 4) is 11.1 Å². The zero-order chi connectivity index (χ0) is 28.6. The molecule has 4 rings (SSSR count). The smallest absolute Gasteiger partial charge is 0.407 e. The van der Waals surface area contributed by atoms with Gasteiger partial charge in [-0.05, 0) is 47.2 Å². The predicted octanol–water partition coefficient (Wildman–Crippen LogP) is 4.64. The number of aliphatic carboxylic acids is 1. The standard InChI is InChI=1S/C32H37N3O5/c1-21(2)17-28(30(36)33-29(31(37)38)19-35(3)18-22-11-5-4-6-12-22)34-32(39)40-20-27-25-15-9-7-13-23(25)24-14-8-10-16-26(24)27/h4-16,21,27-29H,17-20H2,1-3H3,(H,33,36)(H,34,39)(H,37,38)/t28-,29?/m1/s1. The van der Waals surface area contributed by atoms with Gasteiger partial charge in [0, 0.05) is 19.0 Å². The van der Waals surface area contributed by atoms with Crippen LogP contribution in [0.5, 0.6) is 0 Å². The lowest BCUT2D eigenvalue weighted by Crippen LogP contribution is -2.54. The lowest BCUT2D eigenvalue weighted by Gasteiger charge is -2.25. The average Bonchev–Trinajstić information content (AvgIpc) is 3.25. The van der Waals surface area contributed by atoms with E-state index in [1.165, 1.54) is 0 Å². The lowest BCUT2D eigenvalue weighted by atomic mass is 9.98. The summed E-state index contributed by atoms with van der Waals surface area (Å²) in [4.78, 5) is 39.9. The van der Waals surface area contributed by atoms with Crippen molar-refractivity contribution in [3.05, 3.63) is 95.6 Å². The number of ether oxygens (including phenoxy) is 1. The van der Waals surface area contributed by atoms with Crippen molar-refractivity contribution in [1.29, 1.82) is 0 Å². The molecule has 2 atom stereocenters. The van der Waals surface area contributed by atoms with Gasteiger partial charge in [0.05, 0.1) is 0 Å².